The fourth-order valence-electron chi connectivity index (χ4n) is 6.85. The molecule has 2 amide bonds. The molecule has 0 N–H and O–H groups in total. The topological polar surface area (TPSA) is 43.9 Å². The van der Waals surface area contributed by atoms with Gasteiger partial charge < -0.3 is 14.7 Å². The zero-order valence-corrected chi connectivity index (χ0v) is 19.7. The number of carbonyl (C=O) groups excluding carboxylic acids is 2. The first kappa shape index (κ1) is 21.9. The summed E-state index contributed by atoms with van der Waals surface area (Å²) in [4.78, 5) is 32.5. The summed E-state index contributed by atoms with van der Waals surface area (Å²) in [7, 11) is 2.13. The lowest BCUT2D eigenvalue weighted by atomic mass is 9.73. The average molecular weight is 438 g/mol. The van der Waals surface area contributed by atoms with E-state index in [2.05, 4.69) is 46.0 Å². The van der Waals surface area contributed by atoms with Crippen molar-refractivity contribution in [1.82, 2.24) is 14.7 Å². The van der Waals surface area contributed by atoms with E-state index in [-0.39, 0.29) is 5.41 Å². The number of amides is 2. The Kier molecular flexibility index (Phi) is 6.28. The molecule has 2 heterocycles. The molecule has 1 saturated carbocycles. The minimum Gasteiger partial charge on any atom is -0.343 e. The van der Waals surface area contributed by atoms with Crippen LogP contribution in [0.2, 0.25) is 0 Å². The largest absolute Gasteiger partial charge is 0.343 e. The van der Waals surface area contributed by atoms with E-state index in [4.69, 9.17) is 0 Å². The lowest BCUT2D eigenvalue weighted by molar-refractivity contribution is -0.133. The molecular formula is C27H39N3O2. The standard InChI is InChI=1S/C27H39N3O2/c1-28-14-16-30(17-15-28)26(32)19-22-20-27(24-9-5-4-8-23(22)24)10-12-29(13-11-27)25(31)18-21-6-2-3-7-21/h4-5,8-9,21-22H,2-3,6-7,10-20H2,1H3. The number of likely N-dealkylation sites (N-methyl/N-ethyl adjacent to an activating group) is 1. The molecular weight excluding hydrogens is 398 g/mol. The van der Waals surface area contributed by atoms with Crippen LogP contribution in [0.1, 0.15) is 74.8 Å². The van der Waals surface area contributed by atoms with Crippen LogP contribution < -0.4 is 0 Å². The Bertz CT molecular complexity index is 831. The quantitative estimate of drug-likeness (QED) is 0.720. The summed E-state index contributed by atoms with van der Waals surface area (Å²) < 4.78 is 0. The van der Waals surface area contributed by atoms with Gasteiger partial charge in [0.15, 0.2) is 0 Å². The molecule has 2 aliphatic heterocycles. The van der Waals surface area contributed by atoms with Crippen molar-refractivity contribution in [3.8, 4) is 0 Å². The van der Waals surface area contributed by atoms with Crippen LogP contribution in [0.15, 0.2) is 24.3 Å². The summed E-state index contributed by atoms with van der Waals surface area (Å²) in [5.74, 6) is 1.63. The number of carbonyl (C=O) groups is 2. The maximum atomic E-state index is 13.1. The van der Waals surface area contributed by atoms with Crippen molar-refractivity contribution in [2.75, 3.05) is 46.3 Å². The Hall–Kier alpha value is -1.88. The predicted molar refractivity (Wildman–Crippen MR) is 127 cm³/mol. The minimum absolute atomic E-state index is 0.147. The van der Waals surface area contributed by atoms with Crippen molar-refractivity contribution in [1.29, 1.82) is 0 Å². The third-order valence-corrected chi connectivity index (χ3v) is 8.90. The Morgan fingerprint density at radius 1 is 0.875 bits per heavy atom. The van der Waals surface area contributed by atoms with E-state index in [0.717, 1.165) is 65.0 Å². The van der Waals surface area contributed by atoms with Crippen molar-refractivity contribution in [2.24, 2.45) is 5.92 Å². The molecule has 3 fully saturated rings. The number of piperidine rings is 1. The van der Waals surface area contributed by atoms with Crippen molar-refractivity contribution in [2.45, 2.75) is 69.1 Å². The van der Waals surface area contributed by atoms with Gasteiger partial charge in [0.05, 0.1) is 0 Å². The van der Waals surface area contributed by atoms with Crippen molar-refractivity contribution >= 4 is 11.8 Å². The van der Waals surface area contributed by atoms with Crippen LogP contribution in [-0.2, 0) is 15.0 Å². The van der Waals surface area contributed by atoms with E-state index in [0.29, 0.717) is 30.1 Å². The third-order valence-electron chi connectivity index (χ3n) is 8.90. The number of piperazine rings is 1. The second-order valence-corrected chi connectivity index (χ2v) is 10.9. The molecule has 1 atom stereocenters. The normalized spacial score (nSPS) is 26.0. The highest BCUT2D eigenvalue weighted by atomic mass is 16.2. The molecule has 2 aliphatic carbocycles. The summed E-state index contributed by atoms with van der Waals surface area (Å²) in [5, 5.41) is 0. The molecule has 5 heteroatoms. The zero-order chi connectivity index (χ0) is 22.1. The van der Waals surface area contributed by atoms with Crippen LogP contribution in [0.25, 0.3) is 0 Å². The molecule has 1 spiro atoms. The summed E-state index contributed by atoms with van der Waals surface area (Å²) in [6.45, 7) is 5.40. The van der Waals surface area contributed by atoms with E-state index in [1.807, 2.05) is 0 Å². The Labute approximate surface area is 193 Å². The highest BCUT2D eigenvalue weighted by Gasteiger charge is 2.46. The molecule has 174 valence electrons. The summed E-state index contributed by atoms with van der Waals surface area (Å²) in [6.07, 6.45) is 9.60. The average Bonchev–Trinajstić information content (AvgIpc) is 3.42. The number of nitrogens with zero attached hydrogens (tertiary/aromatic N) is 3. The molecule has 5 rings (SSSR count). The molecule has 1 aromatic rings. The van der Waals surface area contributed by atoms with Crippen LogP contribution in [0.4, 0.5) is 0 Å². The first-order chi connectivity index (χ1) is 15.5. The Morgan fingerprint density at radius 3 is 2.22 bits per heavy atom. The fraction of sp³-hybridized carbons (Fsp3) is 0.704. The highest BCUT2D eigenvalue weighted by molar-refractivity contribution is 5.78. The molecule has 4 aliphatic rings. The molecule has 1 aromatic carbocycles. The van der Waals surface area contributed by atoms with Gasteiger partial charge in [-0.3, -0.25) is 9.59 Å². The van der Waals surface area contributed by atoms with E-state index in [1.54, 1.807) is 0 Å². The van der Waals surface area contributed by atoms with E-state index in [1.165, 1.54) is 36.8 Å². The molecule has 32 heavy (non-hydrogen) atoms. The highest BCUT2D eigenvalue weighted by Crippen LogP contribution is 2.52. The first-order valence-electron chi connectivity index (χ1n) is 12.9. The SMILES string of the molecule is CN1CCN(C(=O)CC2CC3(CCN(C(=O)CC4CCCC4)CC3)c3ccccc32)CC1. The number of benzene rings is 1. The number of hydrogen-bond acceptors (Lipinski definition) is 3. The molecule has 5 nitrogen and oxygen atoms in total. The van der Waals surface area contributed by atoms with Crippen molar-refractivity contribution in [3.05, 3.63) is 35.4 Å². The van der Waals surface area contributed by atoms with Crippen LogP contribution in [0, 0.1) is 5.92 Å². The van der Waals surface area contributed by atoms with Gasteiger partial charge in [0.25, 0.3) is 0 Å². The second-order valence-electron chi connectivity index (χ2n) is 10.9. The lowest BCUT2D eigenvalue weighted by Gasteiger charge is -2.41. The van der Waals surface area contributed by atoms with Gasteiger partial charge in [0.2, 0.25) is 11.8 Å². The maximum Gasteiger partial charge on any atom is 0.223 e. The molecule has 0 bridgehead atoms. The molecule has 0 radical (unpaired) electrons. The Balaban J connectivity index is 1.23. The van der Waals surface area contributed by atoms with Crippen LogP contribution in [-0.4, -0.2) is 72.8 Å². The van der Waals surface area contributed by atoms with Gasteiger partial charge in [-0.05, 0) is 67.5 Å². The van der Waals surface area contributed by atoms with Crippen LogP contribution in [0.5, 0.6) is 0 Å². The van der Waals surface area contributed by atoms with Crippen LogP contribution in [0.3, 0.4) is 0 Å². The third kappa shape index (κ3) is 4.33. The number of rotatable bonds is 4. The number of fused-ring (bicyclic) bond motifs is 2. The molecule has 1 unspecified atom stereocenters. The van der Waals surface area contributed by atoms with Gasteiger partial charge in [-0.15, -0.1) is 0 Å². The van der Waals surface area contributed by atoms with E-state index in [9.17, 15) is 9.59 Å². The predicted octanol–water partition coefficient (Wildman–Crippen LogP) is 3.78. The van der Waals surface area contributed by atoms with Gasteiger partial charge in [-0.25, -0.2) is 0 Å². The first-order valence-corrected chi connectivity index (χ1v) is 12.9. The van der Waals surface area contributed by atoms with Gasteiger partial charge in [0.1, 0.15) is 0 Å². The van der Waals surface area contributed by atoms with Crippen molar-refractivity contribution < 1.29 is 9.59 Å². The van der Waals surface area contributed by atoms with Crippen molar-refractivity contribution in [3.63, 3.8) is 0 Å². The zero-order valence-electron chi connectivity index (χ0n) is 19.7. The summed E-state index contributed by atoms with van der Waals surface area (Å²) >= 11 is 0. The van der Waals surface area contributed by atoms with E-state index < -0.39 is 0 Å². The number of hydrogen-bond donors (Lipinski definition) is 0. The van der Waals surface area contributed by atoms with Gasteiger partial charge in [0, 0.05) is 52.1 Å². The van der Waals surface area contributed by atoms with Gasteiger partial charge in [-0.2, -0.15) is 0 Å². The second kappa shape index (κ2) is 9.17. The molecule has 0 aromatic heterocycles. The summed E-state index contributed by atoms with van der Waals surface area (Å²) in [6, 6.07) is 8.84. The number of likely N-dealkylation sites (tertiary alicyclic amines) is 1. The van der Waals surface area contributed by atoms with Crippen LogP contribution >= 0.6 is 0 Å². The van der Waals surface area contributed by atoms with E-state index >= 15 is 0 Å². The fourth-order valence-corrected chi connectivity index (χ4v) is 6.85. The smallest absolute Gasteiger partial charge is 0.223 e. The summed E-state index contributed by atoms with van der Waals surface area (Å²) in [5.41, 5.74) is 2.99. The van der Waals surface area contributed by atoms with Gasteiger partial charge in [-0.1, -0.05) is 37.1 Å². The monoisotopic (exact) mass is 437 g/mol. The lowest BCUT2D eigenvalue weighted by Crippen LogP contribution is -2.47. The minimum atomic E-state index is 0.147. The Morgan fingerprint density at radius 2 is 1.50 bits per heavy atom. The molecule has 2 saturated heterocycles. The van der Waals surface area contributed by atoms with Gasteiger partial charge >= 0.3 is 0 Å². The maximum absolute atomic E-state index is 13.1.